The largest absolute Gasteiger partial charge is 0.362 e. The summed E-state index contributed by atoms with van der Waals surface area (Å²) in [6, 6.07) is 0.581. The van der Waals surface area contributed by atoms with Crippen LogP contribution in [0.15, 0.2) is 0 Å². The first-order valence-electron chi connectivity index (χ1n) is 7.15. The molecule has 0 unspecified atom stereocenters. The van der Waals surface area contributed by atoms with E-state index in [-0.39, 0.29) is 28.7 Å². The lowest BCUT2D eigenvalue weighted by molar-refractivity contribution is -0.384. The van der Waals surface area contributed by atoms with Crippen LogP contribution in [0.3, 0.4) is 0 Å². The van der Waals surface area contributed by atoms with Crippen molar-refractivity contribution in [2.24, 2.45) is 5.73 Å². The van der Waals surface area contributed by atoms with Gasteiger partial charge in [-0.3, -0.25) is 10.1 Å². The number of anilines is 1. The van der Waals surface area contributed by atoms with E-state index in [9.17, 15) is 10.1 Å². The molecule has 0 aliphatic heterocycles. The van der Waals surface area contributed by atoms with E-state index in [1.807, 2.05) is 13.8 Å². The third-order valence-electron chi connectivity index (χ3n) is 3.84. The second kappa shape index (κ2) is 5.78. The number of nitrogens with two attached hydrogens (primary N) is 1. The molecule has 7 nitrogen and oxygen atoms in total. The SMILES string of the molecule is Cc1nn(C(C)C)c(NC2CCC(N)CC2)c1[N+](=O)[O-]. The van der Waals surface area contributed by atoms with E-state index in [1.165, 1.54) is 0 Å². The number of aromatic nitrogens is 2. The van der Waals surface area contributed by atoms with E-state index in [0.29, 0.717) is 11.5 Å². The molecule has 0 aromatic carbocycles. The first kappa shape index (κ1) is 14.8. The molecule has 3 N–H and O–H groups in total. The van der Waals surface area contributed by atoms with E-state index in [2.05, 4.69) is 10.4 Å². The number of aryl methyl sites for hydroxylation is 1. The molecule has 0 bridgehead atoms. The van der Waals surface area contributed by atoms with Gasteiger partial charge < -0.3 is 11.1 Å². The highest BCUT2D eigenvalue weighted by atomic mass is 16.6. The molecule has 0 spiro atoms. The van der Waals surface area contributed by atoms with Crippen molar-refractivity contribution in [2.45, 2.75) is 64.6 Å². The highest BCUT2D eigenvalue weighted by molar-refractivity contribution is 5.60. The Labute approximate surface area is 118 Å². The van der Waals surface area contributed by atoms with Gasteiger partial charge in [0.15, 0.2) is 0 Å². The fourth-order valence-electron chi connectivity index (χ4n) is 2.72. The number of rotatable bonds is 4. The summed E-state index contributed by atoms with van der Waals surface area (Å²) >= 11 is 0. The maximum Gasteiger partial charge on any atom is 0.333 e. The van der Waals surface area contributed by atoms with Crippen LogP contribution in [0.1, 0.15) is 51.3 Å². The fraction of sp³-hybridized carbons (Fsp3) is 0.769. The van der Waals surface area contributed by atoms with Crippen LogP contribution >= 0.6 is 0 Å². The van der Waals surface area contributed by atoms with Crippen molar-refractivity contribution in [1.82, 2.24) is 9.78 Å². The van der Waals surface area contributed by atoms with Gasteiger partial charge >= 0.3 is 5.69 Å². The van der Waals surface area contributed by atoms with E-state index in [4.69, 9.17) is 5.73 Å². The predicted octanol–water partition coefficient (Wildman–Crippen LogP) is 2.36. The molecule has 0 atom stereocenters. The van der Waals surface area contributed by atoms with E-state index in [0.717, 1.165) is 25.7 Å². The molecule has 1 aliphatic rings. The van der Waals surface area contributed by atoms with Crippen LogP contribution in [-0.4, -0.2) is 26.8 Å². The van der Waals surface area contributed by atoms with Gasteiger partial charge in [-0.25, -0.2) is 4.68 Å². The normalized spacial score (nSPS) is 23.1. The molecule has 0 radical (unpaired) electrons. The Kier molecular flexibility index (Phi) is 4.27. The summed E-state index contributed by atoms with van der Waals surface area (Å²) in [5, 5.41) is 18.9. The van der Waals surface area contributed by atoms with Gasteiger partial charge in [0.25, 0.3) is 0 Å². The molecular weight excluding hydrogens is 258 g/mol. The van der Waals surface area contributed by atoms with Crippen LogP contribution in [0, 0.1) is 17.0 Å². The van der Waals surface area contributed by atoms with Crippen LogP contribution in [-0.2, 0) is 0 Å². The maximum atomic E-state index is 11.3. The van der Waals surface area contributed by atoms with Crippen molar-refractivity contribution < 1.29 is 4.92 Å². The van der Waals surface area contributed by atoms with E-state index < -0.39 is 0 Å². The van der Waals surface area contributed by atoms with Gasteiger partial charge in [-0.15, -0.1) is 0 Å². The van der Waals surface area contributed by atoms with Crippen molar-refractivity contribution in [2.75, 3.05) is 5.32 Å². The average molecular weight is 281 g/mol. The van der Waals surface area contributed by atoms with Crippen LogP contribution in [0.5, 0.6) is 0 Å². The molecule has 2 rings (SSSR count). The summed E-state index contributed by atoms with van der Waals surface area (Å²) in [6.45, 7) is 5.62. The minimum Gasteiger partial charge on any atom is -0.362 e. The van der Waals surface area contributed by atoms with Crippen molar-refractivity contribution in [3.63, 3.8) is 0 Å². The molecule has 1 aliphatic carbocycles. The number of nitrogens with one attached hydrogen (secondary N) is 1. The number of hydrogen-bond acceptors (Lipinski definition) is 5. The van der Waals surface area contributed by atoms with Gasteiger partial charge in [-0.2, -0.15) is 5.10 Å². The topological polar surface area (TPSA) is 99.0 Å². The molecule has 1 fully saturated rings. The van der Waals surface area contributed by atoms with Crippen molar-refractivity contribution in [3.05, 3.63) is 15.8 Å². The zero-order valence-corrected chi connectivity index (χ0v) is 12.3. The second-order valence-electron chi connectivity index (χ2n) is 5.83. The Balaban J connectivity index is 2.26. The number of nitro groups is 1. The number of nitrogens with zero attached hydrogens (tertiary/aromatic N) is 3. The van der Waals surface area contributed by atoms with Crippen LogP contribution in [0.4, 0.5) is 11.5 Å². The third-order valence-corrected chi connectivity index (χ3v) is 3.84. The molecule has 1 aromatic heterocycles. The Morgan fingerprint density at radius 2 is 2.00 bits per heavy atom. The van der Waals surface area contributed by atoms with Crippen molar-refractivity contribution in [1.29, 1.82) is 0 Å². The minimum absolute atomic E-state index is 0.0794. The predicted molar refractivity (Wildman–Crippen MR) is 77.9 cm³/mol. The fourth-order valence-corrected chi connectivity index (χ4v) is 2.72. The number of hydrogen-bond donors (Lipinski definition) is 2. The zero-order valence-electron chi connectivity index (χ0n) is 12.3. The van der Waals surface area contributed by atoms with Crippen molar-refractivity contribution >= 4 is 11.5 Å². The van der Waals surface area contributed by atoms with Crippen LogP contribution in [0.2, 0.25) is 0 Å². The first-order chi connectivity index (χ1) is 9.40. The van der Waals surface area contributed by atoms with Gasteiger partial charge in [0.1, 0.15) is 5.69 Å². The highest BCUT2D eigenvalue weighted by Gasteiger charge is 2.29. The summed E-state index contributed by atoms with van der Waals surface area (Å²) in [6.07, 6.45) is 3.81. The summed E-state index contributed by atoms with van der Waals surface area (Å²) in [7, 11) is 0. The summed E-state index contributed by atoms with van der Waals surface area (Å²) in [5.74, 6) is 0.531. The van der Waals surface area contributed by atoms with Crippen molar-refractivity contribution in [3.8, 4) is 0 Å². The smallest absolute Gasteiger partial charge is 0.333 e. The molecule has 112 valence electrons. The molecule has 0 saturated heterocycles. The summed E-state index contributed by atoms with van der Waals surface area (Å²) < 4.78 is 1.71. The van der Waals surface area contributed by atoms with Gasteiger partial charge in [-0.1, -0.05) is 0 Å². The highest BCUT2D eigenvalue weighted by Crippen LogP contribution is 2.32. The minimum atomic E-state index is -0.349. The van der Waals surface area contributed by atoms with Crippen LogP contribution in [0.25, 0.3) is 0 Å². The monoisotopic (exact) mass is 281 g/mol. The maximum absolute atomic E-state index is 11.3. The van der Waals surface area contributed by atoms with Gasteiger partial charge in [-0.05, 0) is 46.5 Å². The summed E-state index contributed by atoms with van der Waals surface area (Å²) in [5.41, 5.74) is 6.45. The van der Waals surface area contributed by atoms with Gasteiger partial charge in [0.2, 0.25) is 5.82 Å². The lowest BCUT2D eigenvalue weighted by Gasteiger charge is -2.27. The first-order valence-corrected chi connectivity index (χ1v) is 7.15. The van der Waals surface area contributed by atoms with Gasteiger partial charge in [0, 0.05) is 18.1 Å². The quantitative estimate of drug-likeness (QED) is 0.652. The Hall–Kier alpha value is -1.63. The van der Waals surface area contributed by atoms with Crippen LogP contribution < -0.4 is 11.1 Å². The van der Waals surface area contributed by atoms with E-state index >= 15 is 0 Å². The lowest BCUT2D eigenvalue weighted by atomic mass is 9.92. The Bertz CT molecular complexity index is 489. The molecular formula is C13H23N5O2. The molecule has 20 heavy (non-hydrogen) atoms. The molecule has 0 amide bonds. The molecule has 1 saturated carbocycles. The lowest BCUT2D eigenvalue weighted by Crippen LogP contribution is -2.33. The van der Waals surface area contributed by atoms with E-state index in [1.54, 1.807) is 11.6 Å². The standard InChI is InChI=1S/C13H23N5O2/c1-8(2)17-13(12(18(19)20)9(3)16-17)15-11-6-4-10(14)5-7-11/h8,10-11,15H,4-7,14H2,1-3H3. The molecule has 7 heteroatoms. The Morgan fingerprint density at radius 1 is 1.40 bits per heavy atom. The average Bonchev–Trinajstić information content (AvgIpc) is 2.69. The molecule has 1 heterocycles. The third kappa shape index (κ3) is 2.92. The Morgan fingerprint density at radius 3 is 2.50 bits per heavy atom. The second-order valence-corrected chi connectivity index (χ2v) is 5.83. The zero-order chi connectivity index (χ0) is 14.9. The summed E-state index contributed by atoms with van der Waals surface area (Å²) in [4.78, 5) is 10.9. The molecule has 1 aromatic rings. The van der Waals surface area contributed by atoms with Gasteiger partial charge in [0.05, 0.1) is 4.92 Å².